The van der Waals surface area contributed by atoms with Crippen molar-refractivity contribution in [1.82, 2.24) is 29.4 Å². The van der Waals surface area contributed by atoms with Gasteiger partial charge in [0.15, 0.2) is 11.5 Å². The number of nitrogens with one attached hydrogen (secondary N) is 2. The molecule has 0 spiro atoms. The molecule has 134 valence electrons. The van der Waals surface area contributed by atoms with Gasteiger partial charge in [-0.3, -0.25) is 0 Å². The lowest BCUT2D eigenvalue weighted by Crippen LogP contribution is -2.28. The number of fused-ring (bicyclic) bond motifs is 1. The molecule has 0 radical (unpaired) electrons. The molecule has 0 aliphatic heterocycles. The molecule has 0 unspecified atom stereocenters. The zero-order chi connectivity index (χ0) is 17.6. The van der Waals surface area contributed by atoms with Gasteiger partial charge in [-0.2, -0.15) is 4.52 Å². The van der Waals surface area contributed by atoms with E-state index < -0.39 is 10.0 Å². The van der Waals surface area contributed by atoms with Gasteiger partial charge in [0.1, 0.15) is 5.82 Å². The summed E-state index contributed by atoms with van der Waals surface area (Å²) in [7, 11) is -3.21. The zero-order valence-electron chi connectivity index (χ0n) is 14.4. The van der Waals surface area contributed by atoms with Gasteiger partial charge in [0.2, 0.25) is 10.0 Å². The molecule has 9 nitrogen and oxygen atoms in total. The average molecular weight is 355 g/mol. The molecule has 0 saturated heterocycles. The summed E-state index contributed by atoms with van der Waals surface area (Å²) in [6, 6.07) is 3.71. The lowest BCUT2D eigenvalue weighted by Gasteiger charge is -2.18. The zero-order valence-corrected chi connectivity index (χ0v) is 15.2. The van der Waals surface area contributed by atoms with Gasteiger partial charge in [0.05, 0.1) is 6.26 Å². The maximum absolute atomic E-state index is 11.1. The van der Waals surface area contributed by atoms with Gasteiger partial charge in [0, 0.05) is 26.1 Å². The van der Waals surface area contributed by atoms with Gasteiger partial charge in [-0.1, -0.05) is 13.8 Å². The van der Waals surface area contributed by atoms with Crippen molar-refractivity contribution in [3.05, 3.63) is 18.0 Å². The smallest absolute Gasteiger partial charge is 0.208 e. The average Bonchev–Trinajstić information content (AvgIpc) is 2.93. The molecule has 0 saturated carbocycles. The minimum atomic E-state index is -3.21. The van der Waals surface area contributed by atoms with Crippen LogP contribution in [0.3, 0.4) is 0 Å². The monoisotopic (exact) mass is 355 g/mol. The highest BCUT2D eigenvalue weighted by atomic mass is 32.2. The fourth-order valence-corrected chi connectivity index (χ4v) is 2.79. The maximum atomic E-state index is 11.1. The summed E-state index contributed by atoms with van der Waals surface area (Å²) in [6.07, 6.45) is 1.55. The maximum Gasteiger partial charge on any atom is 0.208 e. The first-order chi connectivity index (χ1) is 11.4. The number of rotatable bonds is 10. The summed E-state index contributed by atoms with van der Waals surface area (Å²) in [5.74, 6) is 1.36. The molecule has 2 aromatic heterocycles. The van der Waals surface area contributed by atoms with Crippen LogP contribution in [0, 0.1) is 0 Å². The van der Waals surface area contributed by atoms with Crippen molar-refractivity contribution in [2.75, 3.05) is 44.3 Å². The van der Waals surface area contributed by atoms with E-state index in [9.17, 15) is 8.42 Å². The highest BCUT2D eigenvalue weighted by molar-refractivity contribution is 7.88. The molecule has 0 bridgehead atoms. The predicted molar refractivity (Wildman–Crippen MR) is 93.6 cm³/mol. The van der Waals surface area contributed by atoms with E-state index in [1.807, 2.05) is 12.1 Å². The van der Waals surface area contributed by atoms with Crippen LogP contribution in [-0.2, 0) is 16.4 Å². The standard InChI is InChI=1S/C14H25N7O2S/c1-4-20(5-2)11-10-15-12-6-7-13-17-18-14(21(13)19-12)8-9-16-24(3,22)23/h6-7,16H,4-5,8-11H2,1-3H3,(H,15,19). The van der Waals surface area contributed by atoms with Crippen LogP contribution in [-0.4, -0.2) is 72.1 Å². The van der Waals surface area contributed by atoms with Crippen molar-refractivity contribution >= 4 is 21.5 Å². The highest BCUT2D eigenvalue weighted by Gasteiger charge is 2.09. The molecule has 2 aromatic rings. The quantitative estimate of drug-likeness (QED) is 0.617. The number of hydrogen-bond donors (Lipinski definition) is 2. The van der Waals surface area contributed by atoms with Crippen molar-refractivity contribution in [1.29, 1.82) is 0 Å². The number of anilines is 1. The van der Waals surface area contributed by atoms with Crippen LogP contribution < -0.4 is 10.0 Å². The molecule has 0 fully saturated rings. The Bertz CT molecular complexity index is 756. The lowest BCUT2D eigenvalue weighted by atomic mass is 10.4. The van der Waals surface area contributed by atoms with E-state index in [2.05, 4.69) is 44.1 Å². The van der Waals surface area contributed by atoms with Crippen molar-refractivity contribution in [3.63, 3.8) is 0 Å². The number of sulfonamides is 1. The third kappa shape index (κ3) is 5.39. The van der Waals surface area contributed by atoms with Crippen LogP contribution in [0.15, 0.2) is 12.1 Å². The second kappa shape index (κ2) is 8.36. The molecule has 0 aliphatic rings. The highest BCUT2D eigenvalue weighted by Crippen LogP contribution is 2.07. The Labute approximate surface area is 142 Å². The molecule has 0 aromatic carbocycles. The minimum Gasteiger partial charge on any atom is -0.367 e. The summed E-state index contributed by atoms with van der Waals surface area (Å²) in [5.41, 5.74) is 0.638. The molecular formula is C14H25N7O2S. The third-order valence-electron chi connectivity index (χ3n) is 3.67. The first kappa shape index (κ1) is 18.6. The van der Waals surface area contributed by atoms with E-state index in [1.165, 1.54) is 0 Å². The van der Waals surface area contributed by atoms with Crippen LogP contribution in [0.4, 0.5) is 5.82 Å². The first-order valence-electron chi connectivity index (χ1n) is 8.05. The van der Waals surface area contributed by atoms with E-state index in [-0.39, 0.29) is 6.54 Å². The summed E-state index contributed by atoms with van der Waals surface area (Å²) >= 11 is 0. The molecule has 10 heteroatoms. The summed E-state index contributed by atoms with van der Waals surface area (Å²) in [4.78, 5) is 2.33. The molecular weight excluding hydrogens is 330 g/mol. The Morgan fingerprint density at radius 3 is 2.58 bits per heavy atom. The van der Waals surface area contributed by atoms with Crippen LogP contribution >= 0.6 is 0 Å². The molecule has 0 aliphatic carbocycles. The normalized spacial score (nSPS) is 12.2. The molecule has 2 N–H and O–H groups in total. The Morgan fingerprint density at radius 2 is 1.92 bits per heavy atom. The van der Waals surface area contributed by atoms with Crippen LogP contribution in [0.2, 0.25) is 0 Å². The van der Waals surface area contributed by atoms with E-state index in [4.69, 9.17) is 0 Å². The molecule has 0 atom stereocenters. The SMILES string of the molecule is CCN(CC)CCNc1ccc2nnc(CCNS(C)(=O)=O)n2n1. The van der Waals surface area contributed by atoms with Crippen LogP contribution in [0.5, 0.6) is 0 Å². The van der Waals surface area contributed by atoms with Crippen LogP contribution in [0.1, 0.15) is 19.7 Å². The fraction of sp³-hybridized carbons (Fsp3) is 0.643. The summed E-state index contributed by atoms with van der Waals surface area (Å²) in [6.45, 7) is 8.33. The van der Waals surface area contributed by atoms with Gasteiger partial charge < -0.3 is 10.2 Å². The number of aromatic nitrogens is 4. The largest absolute Gasteiger partial charge is 0.367 e. The van der Waals surface area contributed by atoms with Crippen LogP contribution in [0.25, 0.3) is 5.65 Å². The van der Waals surface area contributed by atoms with Crippen molar-refractivity contribution < 1.29 is 8.42 Å². The molecule has 2 rings (SSSR count). The Balaban J connectivity index is 1.99. The van der Waals surface area contributed by atoms with Crippen molar-refractivity contribution in [2.45, 2.75) is 20.3 Å². The topological polar surface area (TPSA) is 105 Å². The predicted octanol–water partition coefficient (Wildman–Crippen LogP) is -0.0303. The third-order valence-corrected chi connectivity index (χ3v) is 4.40. The Morgan fingerprint density at radius 1 is 1.17 bits per heavy atom. The van der Waals surface area contributed by atoms with Gasteiger partial charge in [0.25, 0.3) is 0 Å². The minimum absolute atomic E-state index is 0.265. The second-order valence-corrected chi connectivity index (χ2v) is 7.31. The number of likely N-dealkylation sites (N-methyl/N-ethyl adjacent to an activating group) is 1. The summed E-state index contributed by atoms with van der Waals surface area (Å²) in [5, 5.41) is 15.9. The second-order valence-electron chi connectivity index (χ2n) is 5.47. The number of nitrogens with zero attached hydrogens (tertiary/aromatic N) is 5. The van der Waals surface area contributed by atoms with E-state index in [0.29, 0.717) is 17.9 Å². The van der Waals surface area contributed by atoms with E-state index in [1.54, 1.807) is 4.52 Å². The molecule has 24 heavy (non-hydrogen) atoms. The van der Waals surface area contributed by atoms with Crippen molar-refractivity contribution in [3.8, 4) is 0 Å². The first-order valence-corrected chi connectivity index (χ1v) is 9.94. The van der Waals surface area contributed by atoms with E-state index >= 15 is 0 Å². The molecule has 2 heterocycles. The molecule has 0 amide bonds. The van der Waals surface area contributed by atoms with Gasteiger partial charge in [-0.05, 0) is 25.2 Å². The van der Waals surface area contributed by atoms with Gasteiger partial charge in [-0.25, -0.2) is 13.1 Å². The number of hydrogen-bond acceptors (Lipinski definition) is 7. The summed E-state index contributed by atoms with van der Waals surface area (Å²) < 4.78 is 26.3. The Hall–Kier alpha value is -1.78. The lowest BCUT2D eigenvalue weighted by molar-refractivity contribution is 0.316. The van der Waals surface area contributed by atoms with E-state index in [0.717, 1.165) is 38.3 Å². The van der Waals surface area contributed by atoms with Crippen molar-refractivity contribution in [2.24, 2.45) is 0 Å². The fourth-order valence-electron chi connectivity index (χ4n) is 2.31. The Kier molecular flexibility index (Phi) is 6.46. The van der Waals surface area contributed by atoms with Gasteiger partial charge in [-0.15, -0.1) is 15.3 Å². The van der Waals surface area contributed by atoms with Gasteiger partial charge >= 0.3 is 0 Å².